The van der Waals surface area contributed by atoms with Crippen molar-refractivity contribution < 1.29 is 17.9 Å². The summed E-state index contributed by atoms with van der Waals surface area (Å²) in [6.07, 6.45) is 5.76. The molecule has 0 atom stereocenters. The number of pyridine rings is 2. The molecule has 11 nitrogen and oxygen atoms in total. The number of sulfone groups is 1. The Kier molecular flexibility index (Phi) is 5.80. The van der Waals surface area contributed by atoms with E-state index in [1.54, 1.807) is 6.07 Å². The number of nitrogens with one attached hydrogen (secondary N) is 2. The van der Waals surface area contributed by atoms with Gasteiger partial charge in [-0.2, -0.15) is 0 Å². The van der Waals surface area contributed by atoms with Gasteiger partial charge < -0.3 is 20.1 Å². The number of nitrogens with zero attached hydrogens (tertiary/aromatic N) is 5. The van der Waals surface area contributed by atoms with E-state index in [2.05, 4.69) is 35.5 Å². The second kappa shape index (κ2) is 8.78. The molecule has 0 aromatic carbocycles. The summed E-state index contributed by atoms with van der Waals surface area (Å²) < 4.78 is 34.8. The quantitative estimate of drug-likeness (QED) is 0.487. The molecule has 3 aromatic heterocycles. The summed E-state index contributed by atoms with van der Waals surface area (Å²) in [5.74, 6) is 2.01. The molecule has 34 heavy (non-hydrogen) atoms. The smallest absolute Gasteiger partial charge is 0.179 e. The molecule has 0 amide bonds. The number of methoxy groups -OCH3 is 1. The van der Waals surface area contributed by atoms with Crippen molar-refractivity contribution in [3.05, 3.63) is 48.5 Å². The Morgan fingerprint density at radius 3 is 2.41 bits per heavy atom. The minimum atomic E-state index is -3.54. The largest absolute Gasteiger partial charge is 0.495 e. The second-order valence-corrected chi connectivity index (χ2v) is 10.7. The normalized spacial score (nSPS) is 17.0. The van der Waals surface area contributed by atoms with Crippen LogP contribution in [0.25, 0.3) is 0 Å². The van der Waals surface area contributed by atoms with E-state index in [0.717, 1.165) is 44.7 Å². The molecule has 5 heterocycles. The molecule has 178 valence electrons. The molecule has 2 saturated heterocycles. The summed E-state index contributed by atoms with van der Waals surface area (Å²) in [5.41, 5.74) is 1.54. The molecule has 3 aromatic rings. The zero-order chi connectivity index (χ0) is 23.8. The first-order chi connectivity index (χ1) is 16.3. The molecule has 2 aliphatic heterocycles. The number of aromatic nitrogens is 4. The Bertz CT molecular complexity index is 1290. The Morgan fingerprint density at radius 2 is 1.79 bits per heavy atom. The van der Waals surface area contributed by atoms with Crippen molar-refractivity contribution in [1.29, 1.82) is 0 Å². The van der Waals surface area contributed by atoms with E-state index in [0.29, 0.717) is 28.6 Å². The molecule has 0 radical (unpaired) electrons. The van der Waals surface area contributed by atoms with Crippen molar-refractivity contribution in [3.63, 3.8) is 0 Å². The van der Waals surface area contributed by atoms with Crippen LogP contribution in [-0.4, -0.2) is 72.9 Å². The maximum atomic E-state index is 12.2. The van der Waals surface area contributed by atoms with Gasteiger partial charge in [-0.1, -0.05) is 6.07 Å². The van der Waals surface area contributed by atoms with Crippen LogP contribution in [0, 0.1) is 5.41 Å². The third-order valence-corrected chi connectivity index (χ3v) is 6.91. The second-order valence-electron chi connectivity index (χ2n) is 8.72. The van der Waals surface area contributed by atoms with Crippen LogP contribution >= 0.6 is 0 Å². The minimum absolute atomic E-state index is 0.00943. The van der Waals surface area contributed by atoms with Crippen molar-refractivity contribution in [2.24, 2.45) is 5.41 Å². The van der Waals surface area contributed by atoms with E-state index >= 15 is 0 Å². The minimum Gasteiger partial charge on any atom is -0.495 e. The van der Waals surface area contributed by atoms with Gasteiger partial charge in [0.1, 0.15) is 34.4 Å². The summed E-state index contributed by atoms with van der Waals surface area (Å²) in [5, 5.41) is 6.09. The van der Waals surface area contributed by atoms with Crippen LogP contribution in [0.4, 0.5) is 23.3 Å². The first-order valence-corrected chi connectivity index (χ1v) is 12.6. The van der Waals surface area contributed by atoms with E-state index in [9.17, 15) is 8.42 Å². The van der Waals surface area contributed by atoms with Crippen LogP contribution in [0.3, 0.4) is 0 Å². The Morgan fingerprint density at radius 1 is 1.03 bits per heavy atom. The number of hydrogen-bond acceptors (Lipinski definition) is 11. The predicted octanol–water partition coefficient (Wildman–Crippen LogP) is 2.00. The van der Waals surface area contributed by atoms with E-state index in [4.69, 9.17) is 9.47 Å². The van der Waals surface area contributed by atoms with Gasteiger partial charge in [-0.05, 0) is 11.6 Å². The van der Waals surface area contributed by atoms with Gasteiger partial charge in [0.05, 0.1) is 26.5 Å². The average molecular weight is 484 g/mol. The Labute approximate surface area is 197 Å². The van der Waals surface area contributed by atoms with Gasteiger partial charge in [-0.25, -0.2) is 28.4 Å². The lowest BCUT2D eigenvalue weighted by Gasteiger charge is -2.55. The fourth-order valence-corrected chi connectivity index (χ4v) is 4.88. The van der Waals surface area contributed by atoms with Crippen LogP contribution < -0.4 is 15.4 Å². The van der Waals surface area contributed by atoms with Crippen LogP contribution in [0.2, 0.25) is 0 Å². The third-order valence-electron chi connectivity index (χ3n) is 5.80. The lowest BCUT2D eigenvalue weighted by atomic mass is 9.78. The standard InChI is InChI=1S/C22H25N7O4S/c1-32-16-5-17(34(2,30)31)21(24-8-16)28-20-6-19(25-14-26-20)27-18-4-3-15(7-23-18)9-29-10-22(11-29)12-33-13-22/h3-8,14H,9-13H2,1-2H3,(H2,23,24,25,26,27,28). The van der Waals surface area contributed by atoms with E-state index in [-0.39, 0.29) is 10.7 Å². The third kappa shape index (κ3) is 4.79. The summed E-state index contributed by atoms with van der Waals surface area (Å²) in [6.45, 7) is 4.78. The van der Waals surface area contributed by atoms with Gasteiger partial charge >= 0.3 is 0 Å². The van der Waals surface area contributed by atoms with Crippen molar-refractivity contribution >= 4 is 33.1 Å². The molecule has 12 heteroatoms. The molecule has 2 N–H and O–H groups in total. The van der Waals surface area contributed by atoms with Crippen molar-refractivity contribution in [2.45, 2.75) is 11.4 Å². The molecule has 0 unspecified atom stereocenters. The maximum absolute atomic E-state index is 12.2. The highest BCUT2D eigenvalue weighted by molar-refractivity contribution is 7.90. The van der Waals surface area contributed by atoms with Gasteiger partial charge in [-0.15, -0.1) is 0 Å². The molecule has 0 bridgehead atoms. The van der Waals surface area contributed by atoms with E-state index in [1.165, 1.54) is 25.7 Å². The van der Waals surface area contributed by atoms with Crippen molar-refractivity contribution in [3.8, 4) is 5.75 Å². The summed E-state index contributed by atoms with van der Waals surface area (Å²) in [7, 11) is -2.10. The molecule has 5 rings (SSSR count). The monoisotopic (exact) mass is 483 g/mol. The van der Waals surface area contributed by atoms with Gasteiger partial charge in [0, 0.05) is 49.6 Å². The van der Waals surface area contributed by atoms with Crippen molar-refractivity contribution in [1.82, 2.24) is 24.8 Å². The molecule has 0 saturated carbocycles. The number of likely N-dealkylation sites (tertiary alicyclic amines) is 1. The fraction of sp³-hybridized carbons (Fsp3) is 0.364. The molecular weight excluding hydrogens is 458 g/mol. The molecule has 2 aliphatic rings. The Balaban J connectivity index is 1.24. The lowest BCUT2D eigenvalue weighted by molar-refractivity contribution is -0.191. The highest BCUT2D eigenvalue weighted by Gasteiger charge is 2.48. The SMILES string of the molecule is COc1cnc(Nc2cc(Nc3ccc(CN4CC5(COC5)C4)cn3)ncn2)c(S(C)(=O)=O)c1. The van der Waals surface area contributed by atoms with Crippen LogP contribution in [0.5, 0.6) is 5.75 Å². The Hall–Kier alpha value is -3.35. The van der Waals surface area contributed by atoms with Gasteiger partial charge in [0.2, 0.25) is 0 Å². The number of anilines is 4. The molecule has 1 spiro atoms. The van der Waals surface area contributed by atoms with Crippen LogP contribution in [0.15, 0.2) is 47.9 Å². The lowest BCUT2D eigenvalue weighted by Crippen LogP contribution is -2.65. The first kappa shape index (κ1) is 22.4. The first-order valence-electron chi connectivity index (χ1n) is 10.7. The highest BCUT2D eigenvalue weighted by atomic mass is 32.2. The molecule has 2 fully saturated rings. The van der Waals surface area contributed by atoms with Crippen LogP contribution in [-0.2, 0) is 21.1 Å². The highest BCUT2D eigenvalue weighted by Crippen LogP contribution is 2.38. The maximum Gasteiger partial charge on any atom is 0.179 e. The van der Waals surface area contributed by atoms with Gasteiger partial charge in [0.25, 0.3) is 0 Å². The molecular formula is C22H25N7O4S. The summed E-state index contributed by atoms with van der Waals surface area (Å²) in [4.78, 5) is 19.4. The predicted molar refractivity (Wildman–Crippen MR) is 125 cm³/mol. The summed E-state index contributed by atoms with van der Waals surface area (Å²) in [6, 6.07) is 7.00. The van der Waals surface area contributed by atoms with Gasteiger partial charge in [-0.3, -0.25) is 4.90 Å². The van der Waals surface area contributed by atoms with Gasteiger partial charge in [0.15, 0.2) is 15.7 Å². The van der Waals surface area contributed by atoms with E-state index < -0.39 is 9.84 Å². The topological polar surface area (TPSA) is 131 Å². The average Bonchev–Trinajstić information content (AvgIpc) is 2.75. The summed E-state index contributed by atoms with van der Waals surface area (Å²) >= 11 is 0. The number of hydrogen-bond donors (Lipinski definition) is 2. The number of rotatable bonds is 8. The number of ether oxygens (including phenoxy) is 2. The zero-order valence-electron chi connectivity index (χ0n) is 18.9. The van der Waals surface area contributed by atoms with E-state index in [1.807, 2.05) is 18.3 Å². The van der Waals surface area contributed by atoms with Crippen LogP contribution in [0.1, 0.15) is 5.56 Å². The zero-order valence-corrected chi connectivity index (χ0v) is 19.7. The molecule has 0 aliphatic carbocycles. The fourth-order valence-electron chi connectivity index (χ4n) is 4.10. The van der Waals surface area contributed by atoms with Crippen molar-refractivity contribution in [2.75, 3.05) is 50.3 Å².